The number of rotatable bonds is 3. The Morgan fingerprint density at radius 1 is 1.41 bits per heavy atom. The predicted molar refractivity (Wildman–Crippen MR) is 86.2 cm³/mol. The normalized spacial score (nSPS) is 18.0. The Balaban J connectivity index is 1.98. The molecule has 0 bridgehead atoms. The molecule has 3 heterocycles. The average Bonchev–Trinajstić information content (AvgIpc) is 3.12. The summed E-state index contributed by atoms with van der Waals surface area (Å²) in [4.78, 5) is 19.2. The van der Waals surface area contributed by atoms with Crippen LogP contribution in [0.1, 0.15) is 34.6 Å². The van der Waals surface area contributed by atoms with E-state index < -0.39 is 0 Å². The highest BCUT2D eigenvalue weighted by Gasteiger charge is 2.30. The van der Waals surface area contributed by atoms with E-state index in [0.29, 0.717) is 6.54 Å². The van der Waals surface area contributed by atoms with Crippen molar-refractivity contribution in [2.24, 2.45) is 5.73 Å². The second-order valence-corrected chi connectivity index (χ2v) is 5.84. The first-order valence-electron chi connectivity index (χ1n) is 7.75. The summed E-state index contributed by atoms with van der Waals surface area (Å²) in [5.74, 6) is 0.927. The lowest BCUT2D eigenvalue weighted by molar-refractivity contribution is 0.0740. The third kappa shape index (κ3) is 2.41. The van der Waals surface area contributed by atoms with Gasteiger partial charge in [0.05, 0.1) is 5.56 Å². The van der Waals surface area contributed by atoms with Crippen LogP contribution >= 0.6 is 0 Å². The van der Waals surface area contributed by atoms with Crippen LogP contribution in [0.15, 0.2) is 30.5 Å². The fourth-order valence-electron chi connectivity index (χ4n) is 3.32. The molecule has 1 aliphatic rings. The fourth-order valence-corrected chi connectivity index (χ4v) is 3.32. The number of carbonyl (C=O) groups excluding carboxylic acids is 1. The summed E-state index contributed by atoms with van der Waals surface area (Å²) >= 11 is 0. The quantitative estimate of drug-likeness (QED) is 0.943. The van der Waals surface area contributed by atoms with Crippen LogP contribution in [-0.2, 0) is 0 Å². The van der Waals surface area contributed by atoms with E-state index in [1.165, 1.54) is 0 Å². The summed E-state index contributed by atoms with van der Waals surface area (Å²) in [5, 5.41) is 0. The second-order valence-electron chi connectivity index (χ2n) is 5.84. The SMILES string of the molecule is Cc1cc(C(=O)N2CCCC2CN)c(C)n1-c1ccccn1. The summed E-state index contributed by atoms with van der Waals surface area (Å²) in [6.07, 6.45) is 3.80. The summed E-state index contributed by atoms with van der Waals surface area (Å²) in [7, 11) is 0. The third-order valence-electron chi connectivity index (χ3n) is 4.45. The molecular weight excluding hydrogens is 276 g/mol. The number of aryl methyl sites for hydroxylation is 1. The Morgan fingerprint density at radius 2 is 2.23 bits per heavy atom. The molecule has 2 aromatic heterocycles. The fraction of sp³-hybridized carbons (Fsp3) is 0.412. The van der Waals surface area contributed by atoms with Gasteiger partial charge >= 0.3 is 0 Å². The maximum Gasteiger partial charge on any atom is 0.255 e. The van der Waals surface area contributed by atoms with Crippen LogP contribution < -0.4 is 5.73 Å². The highest BCUT2D eigenvalue weighted by atomic mass is 16.2. The van der Waals surface area contributed by atoms with Crippen LogP contribution in [0, 0.1) is 13.8 Å². The van der Waals surface area contributed by atoms with E-state index in [1.54, 1.807) is 6.20 Å². The summed E-state index contributed by atoms with van der Waals surface area (Å²) in [6, 6.07) is 7.92. The van der Waals surface area contributed by atoms with Crippen molar-refractivity contribution >= 4 is 5.91 Å². The lowest BCUT2D eigenvalue weighted by Crippen LogP contribution is -2.40. The zero-order valence-electron chi connectivity index (χ0n) is 13.1. The monoisotopic (exact) mass is 298 g/mol. The van der Waals surface area contributed by atoms with Crippen molar-refractivity contribution in [2.75, 3.05) is 13.1 Å². The van der Waals surface area contributed by atoms with Crippen molar-refractivity contribution in [1.29, 1.82) is 0 Å². The molecule has 1 atom stereocenters. The van der Waals surface area contributed by atoms with Crippen LogP contribution in [0.25, 0.3) is 5.82 Å². The lowest BCUT2D eigenvalue weighted by atomic mass is 10.2. The maximum absolute atomic E-state index is 12.9. The highest BCUT2D eigenvalue weighted by Crippen LogP contribution is 2.24. The average molecular weight is 298 g/mol. The number of pyridine rings is 1. The Hall–Kier alpha value is -2.14. The number of hydrogen-bond acceptors (Lipinski definition) is 3. The topological polar surface area (TPSA) is 64.2 Å². The van der Waals surface area contributed by atoms with Crippen molar-refractivity contribution < 1.29 is 4.79 Å². The van der Waals surface area contributed by atoms with Crippen molar-refractivity contribution in [3.8, 4) is 5.82 Å². The van der Waals surface area contributed by atoms with E-state index >= 15 is 0 Å². The summed E-state index contributed by atoms with van der Waals surface area (Å²) in [6.45, 7) is 5.31. The first kappa shape index (κ1) is 14.8. The summed E-state index contributed by atoms with van der Waals surface area (Å²) in [5.41, 5.74) is 8.50. The highest BCUT2D eigenvalue weighted by molar-refractivity contribution is 5.96. The van der Waals surface area contributed by atoms with Gasteiger partial charge in [0, 0.05) is 36.7 Å². The van der Waals surface area contributed by atoms with Gasteiger partial charge in [-0.1, -0.05) is 6.07 Å². The van der Waals surface area contributed by atoms with Gasteiger partial charge in [-0.25, -0.2) is 4.98 Å². The van der Waals surface area contributed by atoms with Gasteiger partial charge in [0.15, 0.2) is 0 Å². The Kier molecular flexibility index (Phi) is 3.98. The smallest absolute Gasteiger partial charge is 0.255 e. The molecule has 3 rings (SSSR count). The van der Waals surface area contributed by atoms with Crippen LogP contribution in [0.4, 0.5) is 0 Å². The van der Waals surface area contributed by atoms with E-state index in [4.69, 9.17) is 5.73 Å². The van der Waals surface area contributed by atoms with Gasteiger partial charge in [0.1, 0.15) is 5.82 Å². The van der Waals surface area contributed by atoms with E-state index in [-0.39, 0.29) is 11.9 Å². The van der Waals surface area contributed by atoms with Crippen molar-refractivity contribution in [3.05, 3.63) is 47.4 Å². The minimum absolute atomic E-state index is 0.0863. The molecule has 22 heavy (non-hydrogen) atoms. The van der Waals surface area contributed by atoms with Gasteiger partial charge in [0.2, 0.25) is 0 Å². The number of aromatic nitrogens is 2. The zero-order valence-corrected chi connectivity index (χ0v) is 13.1. The zero-order chi connectivity index (χ0) is 15.7. The first-order valence-corrected chi connectivity index (χ1v) is 7.75. The van der Waals surface area contributed by atoms with Gasteiger partial charge in [-0.2, -0.15) is 0 Å². The Morgan fingerprint density at radius 3 is 2.91 bits per heavy atom. The molecule has 0 saturated carbocycles. The molecule has 0 aromatic carbocycles. The largest absolute Gasteiger partial charge is 0.334 e. The van der Waals surface area contributed by atoms with E-state index in [9.17, 15) is 4.79 Å². The molecule has 1 unspecified atom stereocenters. The minimum atomic E-state index is 0.0863. The first-order chi connectivity index (χ1) is 10.6. The maximum atomic E-state index is 12.9. The van der Waals surface area contributed by atoms with Gasteiger partial charge in [-0.15, -0.1) is 0 Å². The van der Waals surface area contributed by atoms with Crippen LogP contribution in [0.3, 0.4) is 0 Å². The third-order valence-corrected chi connectivity index (χ3v) is 4.45. The van der Waals surface area contributed by atoms with Gasteiger partial charge < -0.3 is 15.2 Å². The van der Waals surface area contributed by atoms with Crippen LogP contribution in [0.2, 0.25) is 0 Å². The molecule has 1 aliphatic heterocycles. The number of nitrogens with two attached hydrogens (primary N) is 1. The number of amides is 1. The number of carbonyl (C=O) groups is 1. The minimum Gasteiger partial charge on any atom is -0.334 e. The molecule has 2 aromatic rings. The van der Waals surface area contributed by atoms with E-state index in [1.807, 2.05) is 47.6 Å². The van der Waals surface area contributed by atoms with Gasteiger partial charge in [-0.05, 0) is 44.9 Å². The van der Waals surface area contributed by atoms with E-state index in [2.05, 4.69) is 4.98 Å². The molecule has 0 spiro atoms. The number of hydrogen-bond donors (Lipinski definition) is 1. The lowest BCUT2D eigenvalue weighted by Gasteiger charge is -2.23. The van der Waals surface area contributed by atoms with Crippen LogP contribution in [0.5, 0.6) is 0 Å². The van der Waals surface area contributed by atoms with Crippen LogP contribution in [-0.4, -0.2) is 39.5 Å². The molecule has 1 saturated heterocycles. The molecule has 5 nitrogen and oxygen atoms in total. The molecule has 0 radical (unpaired) electrons. The molecule has 0 aliphatic carbocycles. The summed E-state index contributed by atoms with van der Waals surface area (Å²) < 4.78 is 2.03. The Bertz CT molecular complexity index is 677. The van der Waals surface area contributed by atoms with Gasteiger partial charge in [-0.3, -0.25) is 4.79 Å². The van der Waals surface area contributed by atoms with E-state index in [0.717, 1.165) is 42.2 Å². The molecule has 5 heteroatoms. The number of likely N-dealkylation sites (tertiary alicyclic amines) is 1. The van der Waals surface area contributed by atoms with Crippen molar-refractivity contribution in [3.63, 3.8) is 0 Å². The molecule has 1 amide bonds. The van der Waals surface area contributed by atoms with Crippen molar-refractivity contribution in [2.45, 2.75) is 32.7 Å². The Labute approximate surface area is 130 Å². The molecule has 116 valence electrons. The van der Waals surface area contributed by atoms with Crippen molar-refractivity contribution in [1.82, 2.24) is 14.5 Å². The van der Waals surface area contributed by atoms with Gasteiger partial charge in [0.25, 0.3) is 5.91 Å². The number of nitrogens with zero attached hydrogens (tertiary/aromatic N) is 3. The second kappa shape index (κ2) is 5.93. The molecule has 2 N–H and O–H groups in total. The molecular formula is C17H22N4O. The standard InChI is InChI=1S/C17H22N4O/c1-12-10-15(17(22)20-9-5-6-14(20)11-18)13(2)21(12)16-7-3-4-8-19-16/h3-4,7-8,10,14H,5-6,9,11,18H2,1-2H3. The molecule has 1 fully saturated rings. The predicted octanol–water partition coefficient (Wildman–Crippen LogP) is 2.05.